The van der Waals surface area contributed by atoms with E-state index in [1.807, 2.05) is 0 Å². The molecule has 0 aliphatic heterocycles. The highest BCUT2D eigenvalue weighted by Gasteiger charge is 2.17. The predicted molar refractivity (Wildman–Crippen MR) is 53.7 cm³/mol. The van der Waals surface area contributed by atoms with Gasteiger partial charge in [-0.15, -0.1) is 0 Å². The maximum atomic E-state index is 10.3. The minimum absolute atomic E-state index is 0.135. The Morgan fingerprint density at radius 2 is 1.93 bits per heavy atom. The summed E-state index contributed by atoms with van der Waals surface area (Å²) in [6, 6.07) is 5.95. The van der Waals surface area contributed by atoms with Gasteiger partial charge in [0.2, 0.25) is 0 Å². The molecule has 4 nitrogen and oxygen atoms in total. The molecule has 74 valence electrons. The van der Waals surface area contributed by atoms with Crippen molar-refractivity contribution < 1.29 is 10.0 Å². The number of nitro groups is 1. The zero-order chi connectivity index (χ0) is 10.7. The van der Waals surface area contributed by atoms with E-state index in [9.17, 15) is 15.2 Å². The predicted octanol–water partition coefficient (Wildman–Crippen LogP) is 2.77. The fraction of sp³-hybridized carbons (Fsp3) is 0. The molecule has 0 amide bonds. The van der Waals surface area contributed by atoms with Crippen LogP contribution in [0.3, 0.4) is 0 Å². The molecule has 0 atom stereocenters. The second-order valence-corrected chi connectivity index (χ2v) is 3.12. The first-order chi connectivity index (χ1) is 6.54. The van der Waals surface area contributed by atoms with E-state index >= 15 is 0 Å². The summed E-state index contributed by atoms with van der Waals surface area (Å²) >= 11 is 10.9. The van der Waals surface area contributed by atoms with Crippen molar-refractivity contribution in [3.63, 3.8) is 0 Å². The minimum Gasteiger partial charge on any atom is -0.507 e. The molecule has 0 unspecified atom stereocenters. The van der Waals surface area contributed by atoms with Crippen molar-refractivity contribution in [1.29, 1.82) is 0 Å². The second kappa shape index (κ2) is 4.30. The van der Waals surface area contributed by atoms with Gasteiger partial charge < -0.3 is 5.11 Å². The second-order valence-electron chi connectivity index (χ2n) is 2.38. The molecule has 1 rings (SSSR count). The summed E-state index contributed by atoms with van der Waals surface area (Å²) in [5.74, 6) is -0.155. The highest BCUT2D eigenvalue weighted by atomic mass is 35.5. The summed E-state index contributed by atoms with van der Waals surface area (Å²) in [6.07, 6.45) is 0. The normalized spacial score (nSPS) is 12.1. The van der Waals surface area contributed by atoms with E-state index in [1.54, 1.807) is 12.1 Å². The average Bonchev–Trinajstić information content (AvgIpc) is 2.16. The number of aromatic hydroxyl groups is 1. The van der Waals surface area contributed by atoms with Crippen molar-refractivity contribution in [3.8, 4) is 5.75 Å². The van der Waals surface area contributed by atoms with Gasteiger partial charge in [0.15, 0.2) is 0 Å². The highest BCUT2D eigenvalue weighted by molar-refractivity contribution is 6.54. The van der Waals surface area contributed by atoms with Gasteiger partial charge in [0.1, 0.15) is 10.8 Å². The van der Waals surface area contributed by atoms with Crippen LogP contribution in [0.25, 0.3) is 5.03 Å². The number of hydrogen-bond donors (Lipinski definition) is 1. The first-order valence-electron chi connectivity index (χ1n) is 3.52. The monoisotopic (exact) mass is 233 g/mol. The number of halogens is 2. The highest BCUT2D eigenvalue weighted by Crippen LogP contribution is 2.31. The number of nitrogens with zero attached hydrogens (tertiary/aromatic N) is 1. The Morgan fingerprint density at radius 3 is 2.43 bits per heavy atom. The molecule has 0 saturated heterocycles. The van der Waals surface area contributed by atoms with Crippen LogP contribution >= 0.6 is 23.2 Å². The van der Waals surface area contributed by atoms with Gasteiger partial charge in [0, 0.05) is 5.56 Å². The molecular formula is C8H5Cl2NO3. The van der Waals surface area contributed by atoms with E-state index in [1.165, 1.54) is 12.1 Å². The minimum atomic E-state index is -0.823. The molecule has 1 aromatic carbocycles. The van der Waals surface area contributed by atoms with Crippen molar-refractivity contribution in [2.45, 2.75) is 0 Å². The van der Waals surface area contributed by atoms with Crippen LogP contribution < -0.4 is 0 Å². The zero-order valence-electron chi connectivity index (χ0n) is 6.78. The smallest absolute Gasteiger partial charge is 0.356 e. The Kier molecular flexibility index (Phi) is 3.33. The van der Waals surface area contributed by atoms with Crippen LogP contribution in [0.15, 0.2) is 29.4 Å². The van der Waals surface area contributed by atoms with Crippen LogP contribution in [0.2, 0.25) is 0 Å². The Bertz CT molecular complexity index is 403. The van der Waals surface area contributed by atoms with Crippen molar-refractivity contribution in [1.82, 2.24) is 0 Å². The zero-order valence-corrected chi connectivity index (χ0v) is 8.29. The number of phenols is 1. The third kappa shape index (κ3) is 2.16. The maximum Gasteiger partial charge on any atom is 0.356 e. The van der Waals surface area contributed by atoms with Crippen LogP contribution in [0.1, 0.15) is 5.56 Å². The lowest BCUT2D eigenvalue weighted by Gasteiger charge is -2.00. The SMILES string of the molecule is O=[N+]([O-])/C(Cl)=C(\Cl)c1ccccc1O. The van der Waals surface area contributed by atoms with Crippen LogP contribution in [0.4, 0.5) is 0 Å². The molecule has 14 heavy (non-hydrogen) atoms. The molecule has 0 fully saturated rings. The van der Waals surface area contributed by atoms with E-state index in [2.05, 4.69) is 0 Å². The quantitative estimate of drug-likeness (QED) is 0.486. The topological polar surface area (TPSA) is 63.4 Å². The Balaban J connectivity index is 3.25. The molecule has 0 radical (unpaired) electrons. The number of para-hydroxylation sites is 1. The van der Waals surface area contributed by atoms with E-state index in [4.69, 9.17) is 23.2 Å². The van der Waals surface area contributed by atoms with Crippen molar-refractivity contribution in [2.24, 2.45) is 0 Å². The fourth-order valence-corrected chi connectivity index (χ4v) is 1.18. The lowest BCUT2D eigenvalue weighted by Crippen LogP contribution is -1.93. The van der Waals surface area contributed by atoms with Crippen molar-refractivity contribution in [3.05, 3.63) is 45.1 Å². The summed E-state index contributed by atoms with van der Waals surface area (Å²) in [4.78, 5) is 9.45. The molecule has 0 bridgehead atoms. The van der Waals surface area contributed by atoms with Gasteiger partial charge in [-0.05, 0) is 23.7 Å². The van der Waals surface area contributed by atoms with Crippen molar-refractivity contribution in [2.75, 3.05) is 0 Å². The lowest BCUT2D eigenvalue weighted by molar-refractivity contribution is -0.410. The van der Waals surface area contributed by atoms with Gasteiger partial charge in [-0.2, -0.15) is 0 Å². The Morgan fingerprint density at radius 1 is 1.36 bits per heavy atom. The van der Waals surface area contributed by atoms with E-state index < -0.39 is 10.1 Å². The Labute approximate surface area is 89.5 Å². The van der Waals surface area contributed by atoms with Crippen LogP contribution in [0, 0.1) is 10.1 Å². The lowest BCUT2D eigenvalue weighted by atomic mass is 10.2. The molecule has 0 heterocycles. The molecule has 0 aliphatic rings. The fourth-order valence-electron chi connectivity index (χ4n) is 0.851. The van der Waals surface area contributed by atoms with E-state index in [0.29, 0.717) is 0 Å². The Hall–Kier alpha value is -1.26. The summed E-state index contributed by atoms with van der Waals surface area (Å²) in [6.45, 7) is 0. The summed E-state index contributed by atoms with van der Waals surface area (Å²) in [5.41, 5.74) is 0.135. The number of phenolic OH excluding ortho intramolecular Hbond substituents is 1. The molecule has 0 spiro atoms. The van der Waals surface area contributed by atoms with Crippen LogP contribution in [-0.4, -0.2) is 10.0 Å². The van der Waals surface area contributed by atoms with Gasteiger partial charge in [0.05, 0.1) is 4.92 Å². The first-order valence-corrected chi connectivity index (χ1v) is 4.27. The number of hydrogen-bond acceptors (Lipinski definition) is 3. The van der Waals surface area contributed by atoms with Crippen LogP contribution in [0.5, 0.6) is 5.75 Å². The number of benzene rings is 1. The third-order valence-electron chi connectivity index (χ3n) is 1.48. The summed E-state index contributed by atoms with van der Waals surface area (Å²) in [5, 5.41) is 18.6. The molecule has 0 aromatic heterocycles. The van der Waals surface area contributed by atoms with Crippen LogP contribution in [-0.2, 0) is 0 Å². The molecule has 1 N–H and O–H groups in total. The largest absolute Gasteiger partial charge is 0.507 e. The standard InChI is InChI=1S/C8H5Cl2NO3/c9-7(8(10)11(13)14)5-3-1-2-4-6(5)12/h1-4,12H/b8-7-. The molecule has 0 saturated carbocycles. The number of rotatable bonds is 2. The van der Waals surface area contributed by atoms with E-state index in [-0.39, 0.29) is 16.3 Å². The van der Waals surface area contributed by atoms with Gasteiger partial charge >= 0.3 is 5.16 Å². The summed E-state index contributed by atoms with van der Waals surface area (Å²) < 4.78 is 0. The molecule has 1 aromatic rings. The molecular weight excluding hydrogens is 229 g/mol. The van der Waals surface area contributed by atoms with Gasteiger partial charge in [-0.25, -0.2) is 0 Å². The summed E-state index contributed by atoms with van der Waals surface area (Å²) in [7, 11) is 0. The maximum absolute atomic E-state index is 10.3. The van der Waals surface area contributed by atoms with Crippen molar-refractivity contribution >= 4 is 28.2 Å². The van der Waals surface area contributed by atoms with E-state index in [0.717, 1.165) is 0 Å². The van der Waals surface area contributed by atoms with Gasteiger partial charge in [0.25, 0.3) is 0 Å². The van der Waals surface area contributed by atoms with Gasteiger partial charge in [-0.3, -0.25) is 10.1 Å². The van der Waals surface area contributed by atoms with Gasteiger partial charge in [-0.1, -0.05) is 23.7 Å². The third-order valence-corrected chi connectivity index (χ3v) is 2.29. The molecule has 6 heteroatoms. The molecule has 0 aliphatic carbocycles. The average molecular weight is 234 g/mol. The first kappa shape index (κ1) is 10.8.